The van der Waals surface area contributed by atoms with Crippen LogP contribution in [0.1, 0.15) is 15.9 Å². The molecule has 0 aliphatic heterocycles. The molecule has 6 nitrogen and oxygen atoms in total. The van der Waals surface area contributed by atoms with Gasteiger partial charge in [0, 0.05) is 5.02 Å². The smallest absolute Gasteiger partial charge is 0.335 e. The van der Waals surface area contributed by atoms with E-state index < -0.39 is 5.97 Å². The largest absolute Gasteiger partial charge is 0.481 e. The quantitative estimate of drug-likeness (QED) is 0.511. The number of ether oxygens (including phenoxy) is 1. The van der Waals surface area contributed by atoms with Gasteiger partial charge in [-0.15, -0.1) is 0 Å². The Morgan fingerprint density at radius 1 is 1.11 bits per heavy atom. The summed E-state index contributed by atoms with van der Waals surface area (Å²) < 4.78 is 17.0. The van der Waals surface area contributed by atoms with Crippen LogP contribution in [-0.2, 0) is 6.61 Å². The maximum Gasteiger partial charge on any atom is 0.335 e. The molecule has 0 bridgehead atoms. The normalized spacial score (nSPS) is 10.9. The minimum absolute atomic E-state index is 0.00738. The Bertz CT molecular complexity index is 1210. The van der Waals surface area contributed by atoms with Gasteiger partial charge in [-0.25, -0.2) is 4.79 Å². The van der Waals surface area contributed by atoms with Crippen molar-refractivity contribution < 1.29 is 23.5 Å². The summed E-state index contributed by atoms with van der Waals surface area (Å²) >= 11 is 6.01. The molecule has 0 amide bonds. The van der Waals surface area contributed by atoms with E-state index in [1.165, 1.54) is 24.5 Å². The molecule has 0 atom stereocenters. The number of hydrogen-bond acceptors (Lipinski definition) is 5. The fraction of sp³-hybridized carbons (Fsp3) is 0.0476. The number of rotatable bonds is 5. The monoisotopic (exact) mass is 396 g/mol. The number of hydrogen-bond donors (Lipinski definition) is 1. The van der Waals surface area contributed by atoms with Crippen LogP contribution in [0.2, 0.25) is 5.02 Å². The van der Waals surface area contributed by atoms with Gasteiger partial charge in [0.2, 0.25) is 16.9 Å². The second-order valence-electron chi connectivity index (χ2n) is 6.00. The highest BCUT2D eigenvalue weighted by molar-refractivity contribution is 6.31. The van der Waals surface area contributed by atoms with Gasteiger partial charge in [-0.1, -0.05) is 23.7 Å². The molecule has 0 fully saturated rings. The zero-order chi connectivity index (χ0) is 19.7. The molecule has 2 aromatic heterocycles. The number of carboxylic acids is 1. The van der Waals surface area contributed by atoms with E-state index >= 15 is 0 Å². The molecule has 0 saturated heterocycles. The number of furan rings is 1. The Hall–Kier alpha value is -3.51. The SMILES string of the molecule is O=C(O)c1ccc(COc2c(-c3ccco3)oc3ccc(Cl)cc3c2=O)cc1. The van der Waals surface area contributed by atoms with Crippen molar-refractivity contribution in [1.82, 2.24) is 0 Å². The molecule has 2 aromatic carbocycles. The van der Waals surface area contributed by atoms with Gasteiger partial charge >= 0.3 is 5.97 Å². The second kappa shape index (κ2) is 7.25. The fourth-order valence-corrected chi connectivity index (χ4v) is 2.92. The molecular weight excluding hydrogens is 384 g/mol. The van der Waals surface area contributed by atoms with Crippen LogP contribution in [0.25, 0.3) is 22.5 Å². The summed E-state index contributed by atoms with van der Waals surface area (Å²) in [4.78, 5) is 24.0. The van der Waals surface area contributed by atoms with E-state index in [0.717, 1.165) is 0 Å². The molecule has 0 saturated carbocycles. The summed E-state index contributed by atoms with van der Waals surface area (Å²) in [5.74, 6) is -0.496. The van der Waals surface area contributed by atoms with Gasteiger partial charge in [-0.2, -0.15) is 0 Å². The lowest BCUT2D eigenvalue weighted by Gasteiger charge is -2.10. The van der Waals surface area contributed by atoms with Crippen LogP contribution in [0.15, 0.2) is 74.5 Å². The molecule has 1 N–H and O–H groups in total. The predicted molar refractivity (Wildman–Crippen MR) is 103 cm³/mol. The van der Waals surface area contributed by atoms with Crippen LogP contribution < -0.4 is 10.2 Å². The molecule has 140 valence electrons. The number of fused-ring (bicyclic) bond motifs is 1. The van der Waals surface area contributed by atoms with Crippen molar-refractivity contribution in [2.75, 3.05) is 0 Å². The summed E-state index contributed by atoms with van der Waals surface area (Å²) in [6.45, 7) is 0.0461. The summed E-state index contributed by atoms with van der Waals surface area (Å²) in [5, 5.41) is 9.67. The molecule has 4 aromatic rings. The van der Waals surface area contributed by atoms with Crippen molar-refractivity contribution >= 4 is 28.5 Å². The van der Waals surface area contributed by atoms with Crippen LogP contribution in [0.5, 0.6) is 5.75 Å². The molecule has 0 unspecified atom stereocenters. The average molecular weight is 397 g/mol. The Kier molecular flexibility index (Phi) is 4.63. The number of benzene rings is 2. The van der Waals surface area contributed by atoms with Crippen molar-refractivity contribution in [3.8, 4) is 17.3 Å². The van der Waals surface area contributed by atoms with E-state index in [1.807, 2.05) is 0 Å². The lowest BCUT2D eigenvalue weighted by Crippen LogP contribution is -2.10. The van der Waals surface area contributed by atoms with E-state index in [0.29, 0.717) is 27.3 Å². The minimum Gasteiger partial charge on any atom is -0.481 e. The number of halogens is 1. The van der Waals surface area contributed by atoms with Crippen LogP contribution in [0.4, 0.5) is 0 Å². The Morgan fingerprint density at radius 3 is 2.57 bits per heavy atom. The van der Waals surface area contributed by atoms with E-state index in [9.17, 15) is 9.59 Å². The zero-order valence-corrected chi connectivity index (χ0v) is 15.1. The zero-order valence-electron chi connectivity index (χ0n) is 14.3. The Morgan fingerprint density at radius 2 is 1.89 bits per heavy atom. The maximum atomic E-state index is 13.0. The molecule has 7 heteroatoms. The van der Waals surface area contributed by atoms with Gasteiger partial charge in [-0.3, -0.25) is 4.79 Å². The molecule has 0 aliphatic rings. The van der Waals surface area contributed by atoms with Crippen LogP contribution >= 0.6 is 11.6 Å². The van der Waals surface area contributed by atoms with Crippen LogP contribution in [0.3, 0.4) is 0 Å². The predicted octanol–water partition coefficient (Wildman–Crippen LogP) is 4.98. The maximum absolute atomic E-state index is 13.0. The first-order valence-corrected chi connectivity index (χ1v) is 8.66. The molecular formula is C21H13ClO6. The van der Waals surface area contributed by atoms with E-state index in [4.69, 9.17) is 30.3 Å². The molecule has 0 spiro atoms. The van der Waals surface area contributed by atoms with E-state index in [-0.39, 0.29) is 29.1 Å². The third kappa shape index (κ3) is 3.37. The molecule has 0 radical (unpaired) electrons. The van der Waals surface area contributed by atoms with Gasteiger partial charge in [0.1, 0.15) is 12.2 Å². The van der Waals surface area contributed by atoms with E-state index in [1.54, 1.807) is 36.4 Å². The van der Waals surface area contributed by atoms with Crippen LogP contribution in [-0.4, -0.2) is 11.1 Å². The van der Waals surface area contributed by atoms with Crippen molar-refractivity contribution in [3.63, 3.8) is 0 Å². The topological polar surface area (TPSA) is 89.9 Å². The summed E-state index contributed by atoms with van der Waals surface area (Å²) in [6.07, 6.45) is 1.47. The van der Waals surface area contributed by atoms with Crippen molar-refractivity contribution in [3.05, 3.63) is 87.2 Å². The van der Waals surface area contributed by atoms with Gasteiger partial charge in [0.25, 0.3) is 0 Å². The van der Waals surface area contributed by atoms with Gasteiger partial charge < -0.3 is 18.7 Å². The molecule has 4 rings (SSSR count). The molecule has 0 aliphatic carbocycles. The second-order valence-corrected chi connectivity index (χ2v) is 6.43. The first-order valence-electron chi connectivity index (χ1n) is 8.28. The standard InChI is InChI=1S/C21H13ClO6/c22-14-7-8-16-15(10-14)18(23)20(19(28-16)17-2-1-9-26-17)27-11-12-3-5-13(6-4-12)21(24)25/h1-10H,11H2,(H,24,25). The van der Waals surface area contributed by atoms with E-state index in [2.05, 4.69) is 0 Å². The highest BCUT2D eigenvalue weighted by Crippen LogP contribution is 2.32. The average Bonchev–Trinajstić information content (AvgIpc) is 3.22. The first-order chi connectivity index (χ1) is 13.5. The summed E-state index contributed by atoms with van der Waals surface area (Å²) in [5.41, 5.74) is 0.845. The van der Waals surface area contributed by atoms with Gasteiger partial charge in [-0.05, 0) is 48.0 Å². The molecule has 2 heterocycles. The number of carbonyl (C=O) groups is 1. The van der Waals surface area contributed by atoms with Crippen LogP contribution in [0, 0.1) is 0 Å². The third-order valence-electron chi connectivity index (χ3n) is 4.14. The van der Waals surface area contributed by atoms with Crippen molar-refractivity contribution in [1.29, 1.82) is 0 Å². The first kappa shape index (κ1) is 17.9. The fourth-order valence-electron chi connectivity index (χ4n) is 2.75. The Labute approximate surface area is 163 Å². The molecule has 28 heavy (non-hydrogen) atoms. The summed E-state index contributed by atoms with van der Waals surface area (Å²) in [7, 11) is 0. The minimum atomic E-state index is -1.01. The van der Waals surface area contributed by atoms with Crippen molar-refractivity contribution in [2.45, 2.75) is 6.61 Å². The highest BCUT2D eigenvalue weighted by Gasteiger charge is 2.20. The lowest BCUT2D eigenvalue weighted by atomic mass is 10.1. The third-order valence-corrected chi connectivity index (χ3v) is 4.37. The number of carboxylic acid groups (broad SMARTS) is 1. The summed E-state index contributed by atoms with van der Waals surface area (Å²) in [6, 6.07) is 14.3. The Balaban J connectivity index is 1.76. The van der Waals surface area contributed by atoms with Gasteiger partial charge in [0.05, 0.1) is 17.2 Å². The highest BCUT2D eigenvalue weighted by atomic mass is 35.5. The number of aromatic carboxylic acids is 1. The van der Waals surface area contributed by atoms with Gasteiger partial charge in [0.15, 0.2) is 5.76 Å². The van der Waals surface area contributed by atoms with Crippen molar-refractivity contribution in [2.24, 2.45) is 0 Å². The lowest BCUT2D eigenvalue weighted by molar-refractivity contribution is 0.0697.